The van der Waals surface area contributed by atoms with Gasteiger partial charge in [0.2, 0.25) is 11.8 Å². The van der Waals surface area contributed by atoms with Crippen LogP contribution in [0.5, 0.6) is 0 Å². The van der Waals surface area contributed by atoms with E-state index >= 15 is 0 Å². The summed E-state index contributed by atoms with van der Waals surface area (Å²) in [6.45, 7) is 13.8. The molecule has 0 amide bonds. The van der Waals surface area contributed by atoms with Gasteiger partial charge in [0, 0.05) is 0 Å². The second kappa shape index (κ2) is 5.25. The minimum Gasteiger partial charge on any atom is -0.476 e. The zero-order chi connectivity index (χ0) is 15.8. The Morgan fingerprint density at radius 1 is 1.14 bits per heavy atom. The lowest BCUT2D eigenvalue weighted by molar-refractivity contribution is 0.213. The van der Waals surface area contributed by atoms with E-state index in [2.05, 4.69) is 57.9 Å². The highest BCUT2D eigenvalue weighted by molar-refractivity contribution is 5.98. The molecule has 1 saturated heterocycles. The maximum Gasteiger partial charge on any atom is 0.233 e. The quantitative estimate of drug-likeness (QED) is 0.754. The molecule has 0 unspecified atom stereocenters. The minimum absolute atomic E-state index is 0.0187. The first-order valence-electron chi connectivity index (χ1n) is 7.37. The van der Waals surface area contributed by atoms with Gasteiger partial charge in [0.05, 0.1) is 12.1 Å². The van der Waals surface area contributed by atoms with Gasteiger partial charge < -0.3 is 14.8 Å². The van der Waals surface area contributed by atoms with Crippen molar-refractivity contribution >= 4 is 5.90 Å². The lowest BCUT2D eigenvalue weighted by Gasteiger charge is -2.24. The highest BCUT2D eigenvalue weighted by atomic mass is 16.5. The molecule has 2 aliphatic heterocycles. The van der Waals surface area contributed by atoms with E-state index in [1.807, 2.05) is 0 Å². The summed E-state index contributed by atoms with van der Waals surface area (Å²) in [5.41, 5.74) is 0.452. The summed E-state index contributed by atoms with van der Waals surface area (Å²) in [5, 5.41) is 12.7. The first kappa shape index (κ1) is 15.7. The molecule has 1 fully saturated rings. The van der Waals surface area contributed by atoms with Gasteiger partial charge in [-0.25, -0.2) is 4.99 Å². The summed E-state index contributed by atoms with van der Waals surface area (Å²) in [7, 11) is 0. The van der Waals surface area contributed by atoms with E-state index in [1.165, 1.54) is 0 Å². The van der Waals surface area contributed by atoms with Crippen LogP contribution >= 0.6 is 0 Å². The van der Waals surface area contributed by atoms with Gasteiger partial charge in [0.1, 0.15) is 19.3 Å². The Morgan fingerprint density at radius 3 is 2.24 bits per heavy atom. The highest BCUT2D eigenvalue weighted by Gasteiger charge is 2.36. The predicted octanol–water partition coefficient (Wildman–Crippen LogP) is 2.60. The molecule has 0 aliphatic carbocycles. The van der Waals surface area contributed by atoms with Crippen molar-refractivity contribution in [1.29, 1.82) is 5.26 Å². The number of nitrogens with zero attached hydrogens (tertiary/aromatic N) is 2. The molecule has 0 aromatic rings. The zero-order valence-electron chi connectivity index (χ0n) is 13.8. The summed E-state index contributed by atoms with van der Waals surface area (Å²) < 4.78 is 11.3. The first-order chi connectivity index (χ1) is 9.63. The van der Waals surface area contributed by atoms with E-state index in [0.29, 0.717) is 30.6 Å². The van der Waals surface area contributed by atoms with Crippen molar-refractivity contribution in [1.82, 2.24) is 5.32 Å². The lowest BCUT2D eigenvalue weighted by Crippen LogP contribution is -2.36. The van der Waals surface area contributed by atoms with Gasteiger partial charge in [-0.3, -0.25) is 0 Å². The van der Waals surface area contributed by atoms with E-state index < -0.39 is 0 Å². The fourth-order valence-electron chi connectivity index (χ4n) is 2.17. The van der Waals surface area contributed by atoms with Crippen molar-refractivity contribution in [3.8, 4) is 6.07 Å². The molecule has 0 bridgehead atoms. The molecule has 5 heteroatoms. The summed E-state index contributed by atoms with van der Waals surface area (Å²) in [4.78, 5) is 4.56. The Labute approximate surface area is 127 Å². The zero-order valence-corrected chi connectivity index (χ0v) is 13.8. The highest BCUT2D eigenvalue weighted by Crippen LogP contribution is 2.30. The fourth-order valence-corrected chi connectivity index (χ4v) is 2.17. The number of hydrogen-bond donors (Lipinski definition) is 1. The maximum absolute atomic E-state index is 9.44. The van der Waals surface area contributed by atoms with Crippen LogP contribution in [0, 0.1) is 22.2 Å². The number of nitrogens with one attached hydrogen (secondary N) is 1. The van der Waals surface area contributed by atoms with Gasteiger partial charge in [-0.05, 0) is 10.8 Å². The summed E-state index contributed by atoms with van der Waals surface area (Å²) >= 11 is 0. The standard InChI is InChI=1S/C16H25N3O2/c1-15(2,3)11-8-20-13(18-11)10(7-17)14-19-12(9-21-14)16(4,5)6/h11-12,18H,8-9H2,1-6H3/t11-,12-/m0/s1. The average molecular weight is 291 g/mol. The van der Waals surface area contributed by atoms with Gasteiger partial charge in [0.15, 0.2) is 5.57 Å². The van der Waals surface area contributed by atoms with Gasteiger partial charge in [-0.2, -0.15) is 5.26 Å². The van der Waals surface area contributed by atoms with E-state index in [1.54, 1.807) is 0 Å². The second-order valence-electron chi connectivity index (χ2n) is 7.82. The Balaban J connectivity index is 2.23. The molecule has 2 rings (SSSR count). The first-order valence-corrected chi connectivity index (χ1v) is 7.37. The van der Waals surface area contributed by atoms with E-state index in [9.17, 15) is 5.26 Å². The molecule has 2 heterocycles. The summed E-state index contributed by atoms with van der Waals surface area (Å²) in [6.07, 6.45) is 0. The van der Waals surface area contributed by atoms with E-state index in [4.69, 9.17) is 9.47 Å². The summed E-state index contributed by atoms with van der Waals surface area (Å²) in [6, 6.07) is 2.41. The Morgan fingerprint density at radius 2 is 1.81 bits per heavy atom. The lowest BCUT2D eigenvalue weighted by atomic mass is 9.88. The minimum atomic E-state index is 0.0187. The van der Waals surface area contributed by atoms with Gasteiger partial charge in [-0.15, -0.1) is 0 Å². The van der Waals surface area contributed by atoms with Crippen LogP contribution in [-0.2, 0) is 9.47 Å². The molecule has 0 saturated carbocycles. The Bertz CT molecular complexity index is 515. The molecule has 21 heavy (non-hydrogen) atoms. The van der Waals surface area contributed by atoms with Crippen molar-refractivity contribution in [2.75, 3.05) is 13.2 Å². The fraction of sp³-hybridized carbons (Fsp3) is 0.750. The smallest absolute Gasteiger partial charge is 0.233 e. The van der Waals surface area contributed by atoms with E-state index in [-0.39, 0.29) is 22.9 Å². The van der Waals surface area contributed by atoms with Crippen molar-refractivity contribution in [3.63, 3.8) is 0 Å². The number of ether oxygens (including phenoxy) is 2. The van der Waals surface area contributed by atoms with Crippen LogP contribution in [0.15, 0.2) is 16.4 Å². The molecule has 0 aromatic heterocycles. The number of rotatable bonds is 1. The third kappa shape index (κ3) is 3.31. The molecule has 0 radical (unpaired) electrons. The molecule has 116 valence electrons. The Kier molecular flexibility index (Phi) is 3.92. The monoisotopic (exact) mass is 291 g/mol. The molecule has 0 aromatic carbocycles. The molecule has 1 N–H and O–H groups in total. The van der Waals surface area contributed by atoms with Gasteiger partial charge >= 0.3 is 0 Å². The van der Waals surface area contributed by atoms with Gasteiger partial charge in [-0.1, -0.05) is 41.5 Å². The van der Waals surface area contributed by atoms with Crippen LogP contribution in [0.3, 0.4) is 0 Å². The van der Waals surface area contributed by atoms with Crippen LogP contribution in [0.4, 0.5) is 0 Å². The van der Waals surface area contributed by atoms with Crippen LogP contribution < -0.4 is 5.32 Å². The number of aliphatic imine (C=N–C) groups is 1. The second-order valence-corrected chi connectivity index (χ2v) is 7.82. The number of hydrogen-bond acceptors (Lipinski definition) is 5. The third-order valence-electron chi connectivity index (χ3n) is 3.95. The van der Waals surface area contributed by atoms with Crippen molar-refractivity contribution in [2.24, 2.45) is 15.8 Å². The number of nitriles is 1. The van der Waals surface area contributed by atoms with Crippen LogP contribution in [0.25, 0.3) is 0 Å². The molecule has 2 aliphatic rings. The average Bonchev–Trinajstić information content (AvgIpc) is 2.96. The van der Waals surface area contributed by atoms with Crippen LogP contribution in [-0.4, -0.2) is 31.2 Å². The SMILES string of the molecule is CC(C)(C)[C@@H]1COC(C(C#N)=C2N[C@H](C(C)(C)C)CO2)=N1. The normalized spacial score (nSPS) is 28.1. The predicted molar refractivity (Wildman–Crippen MR) is 81.6 cm³/mol. The molecule has 0 spiro atoms. The van der Waals surface area contributed by atoms with Crippen molar-refractivity contribution in [3.05, 3.63) is 11.5 Å². The largest absolute Gasteiger partial charge is 0.476 e. The Hall–Kier alpha value is -1.70. The molecular formula is C16H25N3O2. The summed E-state index contributed by atoms with van der Waals surface area (Å²) in [5.74, 6) is 0.889. The molecular weight excluding hydrogens is 266 g/mol. The third-order valence-corrected chi connectivity index (χ3v) is 3.95. The van der Waals surface area contributed by atoms with E-state index in [0.717, 1.165) is 0 Å². The maximum atomic E-state index is 9.44. The van der Waals surface area contributed by atoms with Gasteiger partial charge in [0.25, 0.3) is 0 Å². The van der Waals surface area contributed by atoms with Crippen molar-refractivity contribution < 1.29 is 9.47 Å². The topological polar surface area (TPSA) is 66.6 Å². The van der Waals surface area contributed by atoms with Crippen molar-refractivity contribution in [2.45, 2.75) is 53.6 Å². The van der Waals surface area contributed by atoms with Crippen LogP contribution in [0.2, 0.25) is 0 Å². The van der Waals surface area contributed by atoms with Crippen LogP contribution in [0.1, 0.15) is 41.5 Å². The molecule has 2 atom stereocenters. The molecule has 5 nitrogen and oxygen atoms in total.